The van der Waals surface area contributed by atoms with Gasteiger partial charge in [-0.05, 0) is 58.4 Å². The lowest BCUT2D eigenvalue weighted by molar-refractivity contribution is -0.384. The van der Waals surface area contributed by atoms with Gasteiger partial charge in [-0.25, -0.2) is 9.59 Å². The number of hydrogen-bond donors (Lipinski definition) is 2. The third-order valence-electron chi connectivity index (χ3n) is 6.40. The Bertz CT molecular complexity index is 1250. The number of aromatic nitrogens is 2. The number of hydrogen-bond acceptors (Lipinski definition) is 9. The van der Waals surface area contributed by atoms with Crippen molar-refractivity contribution in [3.05, 3.63) is 74.2 Å². The van der Waals surface area contributed by atoms with E-state index in [2.05, 4.69) is 15.5 Å². The highest BCUT2D eigenvalue weighted by Crippen LogP contribution is 2.40. The van der Waals surface area contributed by atoms with Crippen LogP contribution in [0.1, 0.15) is 70.6 Å². The van der Waals surface area contributed by atoms with Crippen LogP contribution in [-0.2, 0) is 25.5 Å². The molecule has 0 amide bonds. The Morgan fingerprint density at radius 2 is 1.64 bits per heavy atom. The fourth-order valence-corrected chi connectivity index (χ4v) is 4.47. The van der Waals surface area contributed by atoms with Crippen molar-refractivity contribution in [3.63, 3.8) is 0 Å². The molecule has 0 saturated heterocycles. The highest BCUT2D eigenvalue weighted by atomic mass is 16.6. The Morgan fingerprint density at radius 3 is 2.26 bits per heavy atom. The predicted octanol–water partition coefficient (Wildman–Crippen LogP) is 4.86. The average Bonchev–Trinajstić information content (AvgIpc) is 3.37. The van der Waals surface area contributed by atoms with Gasteiger partial charge >= 0.3 is 11.9 Å². The number of esters is 2. The number of carbonyl (C=O) groups excluding carboxylic acids is 2. The molecule has 2 heterocycles. The van der Waals surface area contributed by atoms with E-state index in [0.29, 0.717) is 35.9 Å². The zero-order chi connectivity index (χ0) is 28.4. The van der Waals surface area contributed by atoms with Gasteiger partial charge in [-0.15, -0.1) is 5.10 Å². The highest BCUT2D eigenvalue weighted by Gasteiger charge is 2.38. The van der Waals surface area contributed by atoms with Crippen LogP contribution in [0.25, 0.3) is 0 Å². The highest BCUT2D eigenvalue weighted by molar-refractivity contribution is 5.99. The second-order valence-electron chi connectivity index (χ2n) is 9.19. The van der Waals surface area contributed by atoms with Crippen molar-refractivity contribution in [1.82, 2.24) is 15.5 Å². The van der Waals surface area contributed by atoms with E-state index in [0.717, 1.165) is 31.4 Å². The number of unbranched alkanes of at least 4 members (excludes halogenated alkanes) is 3. The molecule has 1 aromatic carbocycles. The Hall–Kier alpha value is -4.15. The van der Waals surface area contributed by atoms with Crippen molar-refractivity contribution >= 4 is 17.6 Å². The number of aryl methyl sites for hydroxylation is 1. The zero-order valence-electron chi connectivity index (χ0n) is 22.9. The molecule has 1 aliphatic rings. The van der Waals surface area contributed by atoms with Crippen LogP contribution in [0.3, 0.4) is 0 Å². The molecule has 0 bridgehead atoms. The van der Waals surface area contributed by atoms with Crippen LogP contribution in [0.5, 0.6) is 5.88 Å². The molecule has 2 aromatic rings. The summed E-state index contributed by atoms with van der Waals surface area (Å²) in [5.74, 6) is -1.46. The lowest BCUT2D eigenvalue weighted by Crippen LogP contribution is -2.32. The van der Waals surface area contributed by atoms with E-state index in [9.17, 15) is 19.7 Å². The summed E-state index contributed by atoms with van der Waals surface area (Å²) in [5.41, 5.74) is 2.80. The minimum absolute atomic E-state index is 0.140. The number of dihydropyridines is 1. The van der Waals surface area contributed by atoms with Crippen molar-refractivity contribution in [3.8, 4) is 5.88 Å². The van der Waals surface area contributed by atoms with Crippen molar-refractivity contribution in [2.45, 2.75) is 65.7 Å². The maximum Gasteiger partial charge on any atom is 0.336 e. The van der Waals surface area contributed by atoms with Gasteiger partial charge in [-0.3, -0.25) is 15.2 Å². The van der Waals surface area contributed by atoms with Crippen LogP contribution in [0.15, 0.2) is 52.9 Å². The predicted molar refractivity (Wildman–Crippen MR) is 144 cm³/mol. The number of nitrogens with one attached hydrogen (secondary N) is 2. The number of nitro groups is 1. The van der Waals surface area contributed by atoms with Gasteiger partial charge in [0.1, 0.15) is 0 Å². The average molecular weight is 541 g/mol. The number of carbonyl (C=O) groups is 2. The number of benzene rings is 1. The van der Waals surface area contributed by atoms with Gasteiger partial charge < -0.3 is 19.5 Å². The van der Waals surface area contributed by atoms with Crippen molar-refractivity contribution in [2.75, 3.05) is 19.8 Å². The third kappa shape index (κ3) is 7.68. The number of allylic oxidation sites excluding steroid dienone is 2. The maximum atomic E-state index is 13.3. The number of rotatable bonds is 14. The van der Waals surface area contributed by atoms with Crippen LogP contribution in [0.4, 0.5) is 5.69 Å². The number of nitro benzene ring substituents is 1. The molecule has 210 valence electrons. The van der Waals surface area contributed by atoms with Crippen LogP contribution in [-0.4, -0.2) is 46.9 Å². The molecule has 2 N–H and O–H groups in total. The van der Waals surface area contributed by atoms with Gasteiger partial charge in [0.2, 0.25) is 5.88 Å². The standard InChI is InChI=1S/C28H36N4O7/c1-5-21-17-23(31-30-21)38-14-9-7-8-10-15-39-28(34)25-19(4)29-18(3)24(27(33)37-6-2)26(25)20-12-11-13-22(16-20)32(35)36/h11-13,16-17,26,29H,5-10,14-15H2,1-4H3,(H,30,31). The summed E-state index contributed by atoms with van der Waals surface area (Å²) in [6.45, 7) is 8.06. The number of H-pyrrole nitrogens is 1. The molecule has 1 atom stereocenters. The van der Waals surface area contributed by atoms with Gasteiger partial charge in [0.25, 0.3) is 5.69 Å². The molecule has 0 aliphatic carbocycles. The van der Waals surface area contributed by atoms with E-state index in [1.807, 2.05) is 13.0 Å². The molecule has 11 nitrogen and oxygen atoms in total. The van der Waals surface area contributed by atoms with Crippen LogP contribution < -0.4 is 10.1 Å². The Labute approximate surface area is 227 Å². The number of non-ortho nitro benzene ring substituents is 1. The summed E-state index contributed by atoms with van der Waals surface area (Å²) in [7, 11) is 0. The zero-order valence-corrected chi connectivity index (χ0v) is 22.9. The third-order valence-corrected chi connectivity index (χ3v) is 6.40. The first-order chi connectivity index (χ1) is 18.8. The van der Waals surface area contributed by atoms with Gasteiger partial charge in [0.15, 0.2) is 0 Å². The van der Waals surface area contributed by atoms with Gasteiger partial charge in [-0.2, -0.15) is 0 Å². The minimum Gasteiger partial charge on any atom is -0.477 e. The quantitative estimate of drug-likeness (QED) is 0.148. The monoisotopic (exact) mass is 540 g/mol. The van der Waals surface area contributed by atoms with Crippen molar-refractivity contribution in [2.24, 2.45) is 0 Å². The first kappa shape index (κ1) is 29.4. The molecule has 0 saturated carbocycles. The van der Waals surface area contributed by atoms with Gasteiger partial charge in [0.05, 0.1) is 41.8 Å². The van der Waals surface area contributed by atoms with E-state index in [4.69, 9.17) is 14.2 Å². The van der Waals surface area contributed by atoms with Crippen LogP contribution in [0.2, 0.25) is 0 Å². The second-order valence-corrected chi connectivity index (χ2v) is 9.19. The molecule has 0 fully saturated rings. The van der Waals surface area contributed by atoms with Crippen LogP contribution in [0, 0.1) is 10.1 Å². The number of aromatic amines is 1. The second kappa shape index (κ2) is 14.1. The molecule has 11 heteroatoms. The maximum absolute atomic E-state index is 13.3. The summed E-state index contributed by atoms with van der Waals surface area (Å²) in [4.78, 5) is 37.2. The molecular formula is C28H36N4O7. The lowest BCUT2D eigenvalue weighted by atomic mass is 9.80. The SMILES string of the molecule is CCOC(=O)C1=C(C)NC(C)=C(C(=O)OCCCCCCOc2cc(CC)[nH]n2)C1c1cccc([N+](=O)[O-])c1. The molecule has 39 heavy (non-hydrogen) atoms. The van der Waals surface area contributed by atoms with Gasteiger partial charge in [0, 0.05) is 35.3 Å². The van der Waals surface area contributed by atoms with E-state index < -0.39 is 22.8 Å². The fraction of sp³-hybridized carbons (Fsp3) is 0.464. The Balaban J connectivity index is 1.63. The normalized spacial score (nSPS) is 15.1. The van der Waals surface area contributed by atoms with Crippen molar-refractivity contribution < 1.29 is 28.7 Å². The topological polar surface area (TPSA) is 146 Å². The van der Waals surface area contributed by atoms with E-state index >= 15 is 0 Å². The van der Waals surface area contributed by atoms with Crippen LogP contribution >= 0.6 is 0 Å². The van der Waals surface area contributed by atoms with E-state index in [1.54, 1.807) is 26.8 Å². The molecule has 0 spiro atoms. The molecule has 1 aliphatic heterocycles. The Morgan fingerprint density at radius 1 is 0.974 bits per heavy atom. The molecule has 0 radical (unpaired) electrons. The largest absolute Gasteiger partial charge is 0.477 e. The lowest BCUT2D eigenvalue weighted by Gasteiger charge is -2.30. The summed E-state index contributed by atoms with van der Waals surface area (Å²) in [6.07, 6.45) is 4.12. The fourth-order valence-electron chi connectivity index (χ4n) is 4.47. The molecular weight excluding hydrogens is 504 g/mol. The van der Waals surface area contributed by atoms with Crippen molar-refractivity contribution in [1.29, 1.82) is 0 Å². The molecule has 3 rings (SSSR count). The minimum atomic E-state index is -0.870. The molecule has 1 unspecified atom stereocenters. The summed E-state index contributed by atoms with van der Waals surface area (Å²) < 4.78 is 16.5. The Kier molecular flexibility index (Phi) is 10.7. The number of nitrogens with zero attached hydrogens (tertiary/aromatic N) is 2. The first-order valence-electron chi connectivity index (χ1n) is 13.2. The first-order valence-corrected chi connectivity index (χ1v) is 13.2. The van der Waals surface area contributed by atoms with E-state index in [-0.39, 0.29) is 30.0 Å². The van der Waals surface area contributed by atoms with Gasteiger partial charge in [-0.1, -0.05) is 19.1 Å². The summed E-state index contributed by atoms with van der Waals surface area (Å²) >= 11 is 0. The summed E-state index contributed by atoms with van der Waals surface area (Å²) in [6, 6.07) is 7.81. The number of ether oxygens (including phenoxy) is 3. The smallest absolute Gasteiger partial charge is 0.336 e. The summed E-state index contributed by atoms with van der Waals surface area (Å²) in [5, 5.41) is 21.5. The molecule has 1 aromatic heterocycles. The van der Waals surface area contributed by atoms with E-state index in [1.165, 1.54) is 18.2 Å².